The van der Waals surface area contributed by atoms with Gasteiger partial charge in [0.25, 0.3) is 0 Å². The molecule has 0 radical (unpaired) electrons. The molecule has 1 saturated heterocycles. The first-order valence-electron chi connectivity index (χ1n) is 11.8. The zero-order valence-electron chi connectivity index (χ0n) is 19.0. The van der Waals surface area contributed by atoms with Gasteiger partial charge in [0.1, 0.15) is 6.10 Å². The largest absolute Gasteiger partial charge is 0.367 e. The van der Waals surface area contributed by atoms with Gasteiger partial charge in [0.05, 0.1) is 6.61 Å². The Morgan fingerprint density at radius 1 is 0.667 bits per heavy atom. The smallest absolute Gasteiger partial charge is 0.108 e. The van der Waals surface area contributed by atoms with Crippen molar-refractivity contribution < 1.29 is 4.74 Å². The highest BCUT2D eigenvalue weighted by Crippen LogP contribution is 2.28. The van der Waals surface area contributed by atoms with Gasteiger partial charge in [0.2, 0.25) is 0 Å². The SMILES string of the molecule is Clc1ccc(C(OCCN2CCN(CCCc3ccccc3)CC2)c2ccc(Cl)cc2)cc1. The monoisotopic (exact) mass is 482 g/mol. The lowest BCUT2D eigenvalue weighted by Gasteiger charge is -2.35. The van der Waals surface area contributed by atoms with Gasteiger partial charge in [-0.1, -0.05) is 77.8 Å². The summed E-state index contributed by atoms with van der Waals surface area (Å²) in [6.45, 7) is 7.26. The fraction of sp³-hybridized carbons (Fsp3) is 0.357. The number of hydrogen-bond acceptors (Lipinski definition) is 3. The second kappa shape index (κ2) is 12.5. The van der Waals surface area contributed by atoms with Crippen LogP contribution in [0.1, 0.15) is 29.2 Å². The van der Waals surface area contributed by atoms with Crippen LogP contribution in [0.3, 0.4) is 0 Å². The molecule has 174 valence electrons. The van der Waals surface area contributed by atoms with Crippen LogP contribution in [0.2, 0.25) is 10.0 Å². The molecule has 1 aliphatic heterocycles. The second-order valence-electron chi connectivity index (χ2n) is 8.63. The van der Waals surface area contributed by atoms with E-state index >= 15 is 0 Å². The van der Waals surface area contributed by atoms with E-state index in [0.717, 1.165) is 60.3 Å². The van der Waals surface area contributed by atoms with E-state index in [1.54, 1.807) is 0 Å². The van der Waals surface area contributed by atoms with Crippen LogP contribution in [0, 0.1) is 0 Å². The Labute approximate surface area is 207 Å². The Hall–Kier alpha value is -1.88. The predicted octanol–water partition coefficient (Wildman–Crippen LogP) is 6.35. The van der Waals surface area contributed by atoms with Crippen LogP contribution in [0.25, 0.3) is 0 Å². The third-order valence-corrected chi connectivity index (χ3v) is 6.79. The Balaban J connectivity index is 1.22. The number of nitrogens with zero attached hydrogens (tertiary/aromatic N) is 2. The van der Waals surface area contributed by atoms with Crippen LogP contribution >= 0.6 is 23.2 Å². The molecule has 0 aromatic heterocycles. The maximum atomic E-state index is 6.40. The van der Waals surface area contributed by atoms with Gasteiger partial charge in [-0.2, -0.15) is 0 Å². The molecule has 3 aromatic carbocycles. The molecule has 0 N–H and O–H groups in total. The molecule has 1 heterocycles. The van der Waals surface area contributed by atoms with Crippen LogP contribution in [0.5, 0.6) is 0 Å². The van der Waals surface area contributed by atoms with E-state index < -0.39 is 0 Å². The molecule has 0 atom stereocenters. The molecule has 1 fully saturated rings. The summed E-state index contributed by atoms with van der Waals surface area (Å²) in [4.78, 5) is 5.10. The Morgan fingerprint density at radius 3 is 1.73 bits per heavy atom. The summed E-state index contributed by atoms with van der Waals surface area (Å²) in [7, 11) is 0. The van der Waals surface area contributed by atoms with Crippen molar-refractivity contribution >= 4 is 23.2 Å². The quantitative estimate of drug-likeness (QED) is 0.334. The molecule has 0 unspecified atom stereocenters. The molecule has 0 saturated carbocycles. The minimum Gasteiger partial charge on any atom is -0.367 e. The number of ether oxygens (including phenoxy) is 1. The van der Waals surface area contributed by atoms with E-state index in [2.05, 4.69) is 40.1 Å². The average Bonchev–Trinajstić information content (AvgIpc) is 2.85. The molecule has 1 aliphatic rings. The lowest BCUT2D eigenvalue weighted by molar-refractivity contribution is 0.0451. The first-order chi connectivity index (χ1) is 16.2. The highest BCUT2D eigenvalue weighted by Gasteiger charge is 2.19. The summed E-state index contributed by atoms with van der Waals surface area (Å²) < 4.78 is 6.40. The highest BCUT2D eigenvalue weighted by atomic mass is 35.5. The lowest BCUT2D eigenvalue weighted by Crippen LogP contribution is -2.47. The van der Waals surface area contributed by atoms with Gasteiger partial charge in [-0.25, -0.2) is 0 Å². The minimum absolute atomic E-state index is 0.126. The van der Waals surface area contributed by atoms with Crippen molar-refractivity contribution in [2.24, 2.45) is 0 Å². The van der Waals surface area contributed by atoms with Crippen molar-refractivity contribution in [3.63, 3.8) is 0 Å². The molecule has 4 rings (SSSR count). The van der Waals surface area contributed by atoms with E-state index in [0.29, 0.717) is 6.61 Å². The third-order valence-electron chi connectivity index (χ3n) is 6.29. The van der Waals surface area contributed by atoms with E-state index in [-0.39, 0.29) is 6.10 Å². The Kier molecular flexibility index (Phi) is 9.22. The highest BCUT2D eigenvalue weighted by molar-refractivity contribution is 6.30. The van der Waals surface area contributed by atoms with E-state index in [4.69, 9.17) is 27.9 Å². The van der Waals surface area contributed by atoms with Crippen LogP contribution in [0.15, 0.2) is 78.9 Å². The first-order valence-corrected chi connectivity index (χ1v) is 12.5. The predicted molar refractivity (Wildman–Crippen MR) is 138 cm³/mol. The normalized spacial score (nSPS) is 15.2. The van der Waals surface area contributed by atoms with Crippen molar-refractivity contribution in [1.82, 2.24) is 9.80 Å². The van der Waals surface area contributed by atoms with Gasteiger partial charge >= 0.3 is 0 Å². The number of aryl methyl sites for hydroxylation is 1. The van der Waals surface area contributed by atoms with Crippen molar-refractivity contribution in [3.8, 4) is 0 Å². The molecule has 3 aromatic rings. The molecule has 0 amide bonds. The van der Waals surface area contributed by atoms with Gasteiger partial charge in [-0.15, -0.1) is 0 Å². The molecular weight excluding hydrogens is 451 g/mol. The maximum Gasteiger partial charge on any atom is 0.108 e. The average molecular weight is 483 g/mol. The number of rotatable bonds is 10. The van der Waals surface area contributed by atoms with Crippen molar-refractivity contribution in [2.75, 3.05) is 45.9 Å². The van der Waals surface area contributed by atoms with Gasteiger partial charge < -0.3 is 9.64 Å². The summed E-state index contributed by atoms with van der Waals surface area (Å²) >= 11 is 12.2. The van der Waals surface area contributed by atoms with Gasteiger partial charge in [-0.05, 0) is 60.3 Å². The summed E-state index contributed by atoms with van der Waals surface area (Å²) in [5, 5.41) is 1.46. The van der Waals surface area contributed by atoms with Crippen LogP contribution in [-0.4, -0.2) is 55.7 Å². The Bertz CT molecular complexity index is 910. The molecule has 3 nitrogen and oxygen atoms in total. The molecule has 0 spiro atoms. The lowest BCUT2D eigenvalue weighted by atomic mass is 10.0. The van der Waals surface area contributed by atoms with Crippen molar-refractivity contribution in [2.45, 2.75) is 18.9 Å². The Morgan fingerprint density at radius 2 is 1.18 bits per heavy atom. The third kappa shape index (κ3) is 7.56. The zero-order valence-corrected chi connectivity index (χ0v) is 20.5. The number of benzene rings is 3. The van der Waals surface area contributed by atoms with Gasteiger partial charge in [0.15, 0.2) is 0 Å². The summed E-state index contributed by atoms with van der Waals surface area (Å²) in [6.07, 6.45) is 2.25. The van der Waals surface area contributed by atoms with E-state index in [1.807, 2.05) is 48.5 Å². The zero-order chi connectivity index (χ0) is 22.9. The standard InChI is InChI=1S/C28H32Cl2N2O/c29-26-12-8-24(9-13-26)28(25-10-14-27(30)15-11-25)33-22-21-32-19-17-31(18-20-32)16-4-7-23-5-2-1-3-6-23/h1-3,5-6,8-15,28H,4,7,16-22H2. The second-order valence-corrected chi connectivity index (χ2v) is 9.50. The molecular formula is C28H32Cl2N2O. The number of hydrogen-bond donors (Lipinski definition) is 0. The molecule has 5 heteroatoms. The van der Waals surface area contributed by atoms with Crippen molar-refractivity contribution in [3.05, 3.63) is 106 Å². The van der Waals surface area contributed by atoms with Crippen molar-refractivity contribution in [1.29, 1.82) is 0 Å². The van der Waals surface area contributed by atoms with Crippen LogP contribution < -0.4 is 0 Å². The van der Waals surface area contributed by atoms with E-state index in [1.165, 1.54) is 18.5 Å². The molecule has 0 bridgehead atoms. The van der Waals surface area contributed by atoms with Gasteiger partial charge in [0, 0.05) is 42.8 Å². The fourth-order valence-corrected chi connectivity index (χ4v) is 4.60. The topological polar surface area (TPSA) is 15.7 Å². The summed E-state index contributed by atoms with van der Waals surface area (Å²) in [6, 6.07) is 26.6. The number of piperazine rings is 1. The molecule has 33 heavy (non-hydrogen) atoms. The van der Waals surface area contributed by atoms with Gasteiger partial charge in [-0.3, -0.25) is 4.90 Å². The summed E-state index contributed by atoms with van der Waals surface area (Å²) in [5.41, 5.74) is 3.64. The van der Waals surface area contributed by atoms with Crippen LogP contribution in [0.4, 0.5) is 0 Å². The first kappa shape index (κ1) is 24.3. The van der Waals surface area contributed by atoms with E-state index in [9.17, 15) is 0 Å². The fourth-order valence-electron chi connectivity index (χ4n) is 4.35. The molecule has 0 aliphatic carbocycles. The summed E-state index contributed by atoms with van der Waals surface area (Å²) in [5.74, 6) is 0. The minimum atomic E-state index is -0.126. The number of halogens is 2. The van der Waals surface area contributed by atoms with Crippen LogP contribution in [-0.2, 0) is 11.2 Å². The maximum absolute atomic E-state index is 6.40.